The van der Waals surface area contributed by atoms with Gasteiger partial charge in [0.05, 0.1) is 29.8 Å². The zero-order valence-electron chi connectivity index (χ0n) is 18.8. The molecule has 4 bridgehead atoms. The fourth-order valence-corrected chi connectivity index (χ4v) is 7.24. The number of fused-ring (bicyclic) bond motifs is 4. The van der Waals surface area contributed by atoms with Crippen molar-refractivity contribution in [3.63, 3.8) is 0 Å². The summed E-state index contributed by atoms with van der Waals surface area (Å²) < 4.78 is 5.72. The highest BCUT2D eigenvalue weighted by Gasteiger charge is 2.66. The molecule has 0 aromatic carbocycles. The molecule has 0 aromatic rings. The highest BCUT2D eigenvalue weighted by atomic mass is 17.1. The number of aliphatic carboxylic acids is 2. The van der Waals surface area contributed by atoms with Gasteiger partial charge in [-0.1, -0.05) is 38.2 Å². The smallest absolute Gasteiger partial charge is 0.346 e. The van der Waals surface area contributed by atoms with Crippen LogP contribution < -0.4 is 0 Å². The molecule has 2 saturated carbocycles. The summed E-state index contributed by atoms with van der Waals surface area (Å²) in [4.78, 5) is 53.1. The average molecular weight is 462 g/mol. The van der Waals surface area contributed by atoms with Crippen molar-refractivity contribution in [3.8, 4) is 0 Å². The summed E-state index contributed by atoms with van der Waals surface area (Å²) in [5.74, 6) is -7.91. The molecule has 4 aliphatic carbocycles. The SMILES string of the molecule is CC(CC(C)(C)C12C=CC(C1)C(C(=O)O)C2C(=O)OO)OC(=O)C1C2C=CC(C2)C1C(=O)O. The minimum Gasteiger partial charge on any atom is -0.481 e. The molecule has 9 nitrogen and oxygen atoms in total. The van der Waals surface area contributed by atoms with Crippen molar-refractivity contribution >= 4 is 23.9 Å². The van der Waals surface area contributed by atoms with E-state index in [1.165, 1.54) is 0 Å². The van der Waals surface area contributed by atoms with E-state index in [0.717, 1.165) is 0 Å². The Bertz CT molecular complexity index is 934. The van der Waals surface area contributed by atoms with Gasteiger partial charge in [0.1, 0.15) is 0 Å². The number of ether oxygens (including phenoxy) is 1. The highest BCUT2D eigenvalue weighted by molar-refractivity contribution is 5.85. The second-order valence-electron chi connectivity index (χ2n) is 10.7. The van der Waals surface area contributed by atoms with Gasteiger partial charge in [0.15, 0.2) is 0 Å². The lowest BCUT2D eigenvalue weighted by molar-refractivity contribution is -0.245. The average Bonchev–Trinajstić information content (AvgIpc) is 3.50. The summed E-state index contributed by atoms with van der Waals surface area (Å²) in [6.07, 6.45) is 8.16. The van der Waals surface area contributed by atoms with Crippen molar-refractivity contribution in [1.82, 2.24) is 0 Å². The van der Waals surface area contributed by atoms with E-state index in [9.17, 15) is 29.4 Å². The normalized spacial score (nSPS) is 39.0. The number of carboxylic acids is 2. The molecule has 4 rings (SSSR count). The van der Waals surface area contributed by atoms with Crippen LogP contribution in [0.25, 0.3) is 0 Å². The van der Waals surface area contributed by atoms with Crippen LogP contribution in [0.2, 0.25) is 0 Å². The largest absolute Gasteiger partial charge is 0.481 e. The maximum Gasteiger partial charge on any atom is 0.346 e. The maximum atomic E-state index is 13.0. The molecule has 0 heterocycles. The predicted molar refractivity (Wildman–Crippen MR) is 112 cm³/mol. The first-order chi connectivity index (χ1) is 15.4. The Morgan fingerprint density at radius 2 is 1.58 bits per heavy atom. The van der Waals surface area contributed by atoms with Crippen molar-refractivity contribution in [3.05, 3.63) is 24.3 Å². The van der Waals surface area contributed by atoms with Gasteiger partial charge in [0.2, 0.25) is 0 Å². The van der Waals surface area contributed by atoms with Crippen molar-refractivity contribution in [1.29, 1.82) is 0 Å². The first-order valence-corrected chi connectivity index (χ1v) is 11.3. The molecule has 0 aromatic heterocycles. The molecule has 0 amide bonds. The summed E-state index contributed by atoms with van der Waals surface area (Å²) in [7, 11) is 0. The van der Waals surface area contributed by atoms with Crippen LogP contribution in [-0.4, -0.2) is 45.5 Å². The number of hydrogen-bond acceptors (Lipinski definition) is 7. The maximum absolute atomic E-state index is 13.0. The van der Waals surface area contributed by atoms with Crippen LogP contribution in [0.15, 0.2) is 24.3 Å². The van der Waals surface area contributed by atoms with Crippen LogP contribution in [0.5, 0.6) is 0 Å². The van der Waals surface area contributed by atoms with E-state index in [1.807, 2.05) is 32.1 Å². The third kappa shape index (κ3) is 3.48. The summed E-state index contributed by atoms with van der Waals surface area (Å²) in [6.45, 7) is 5.48. The van der Waals surface area contributed by atoms with E-state index in [4.69, 9.17) is 9.99 Å². The summed E-state index contributed by atoms with van der Waals surface area (Å²) in [5.41, 5.74) is -1.58. The van der Waals surface area contributed by atoms with Crippen molar-refractivity contribution in [2.45, 2.75) is 46.1 Å². The molecule has 2 fully saturated rings. The Morgan fingerprint density at radius 1 is 0.970 bits per heavy atom. The monoisotopic (exact) mass is 462 g/mol. The zero-order chi connectivity index (χ0) is 24.3. The van der Waals surface area contributed by atoms with E-state index >= 15 is 0 Å². The predicted octanol–water partition coefficient (Wildman–Crippen LogP) is 2.77. The number of carbonyl (C=O) groups is 4. The minimum absolute atomic E-state index is 0.143. The van der Waals surface area contributed by atoms with Crippen molar-refractivity contribution < 1.29 is 44.3 Å². The third-order valence-corrected chi connectivity index (χ3v) is 8.61. The van der Waals surface area contributed by atoms with Crippen molar-refractivity contribution in [2.75, 3.05) is 0 Å². The molecule has 9 unspecified atom stereocenters. The Labute approximate surface area is 191 Å². The second kappa shape index (κ2) is 7.97. The van der Waals surface area contributed by atoms with Gasteiger partial charge in [0, 0.05) is 5.41 Å². The van der Waals surface area contributed by atoms with E-state index in [2.05, 4.69) is 4.89 Å². The zero-order valence-corrected chi connectivity index (χ0v) is 18.8. The summed E-state index contributed by atoms with van der Waals surface area (Å²) in [5, 5.41) is 28.4. The summed E-state index contributed by atoms with van der Waals surface area (Å²) >= 11 is 0. The van der Waals surface area contributed by atoms with Gasteiger partial charge in [-0.15, -0.1) is 0 Å². The molecule has 0 radical (unpaired) electrons. The number of carboxylic acid groups (broad SMARTS) is 2. The Morgan fingerprint density at radius 3 is 2.15 bits per heavy atom. The van der Waals surface area contributed by atoms with Crippen LogP contribution in [0.1, 0.15) is 40.0 Å². The van der Waals surface area contributed by atoms with Gasteiger partial charge in [-0.05, 0) is 49.4 Å². The molecule has 4 aliphatic rings. The summed E-state index contributed by atoms with van der Waals surface area (Å²) in [6, 6.07) is 0. The van der Waals surface area contributed by atoms with Crippen LogP contribution in [0, 0.1) is 52.3 Å². The number of allylic oxidation sites excluding steroid dienone is 4. The van der Waals surface area contributed by atoms with Gasteiger partial charge in [-0.25, -0.2) is 4.79 Å². The lowest BCUT2D eigenvalue weighted by Gasteiger charge is -2.46. The highest BCUT2D eigenvalue weighted by Crippen LogP contribution is 2.65. The van der Waals surface area contributed by atoms with Crippen LogP contribution in [-0.2, 0) is 28.8 Å². The lowest BCUT2D eigenvalue weighted by Crippen LogP contribution is -2.48. The van der Waals surface area contributed by atoms with Gasteiger partial charge in [-0.2, -0.15) is 5.26 Å². The molecule has 33 heavy (non-hydrogen) atoms. The van der Waals surface area contributed by atoms with Crippen LogP contribution in [0.4, 0.5) is 0 Å². The van der Waals surface area contributed by atoms with Crippen LogP contribution in [0.3, 0.4) is 0 Å². The molecule has 0 spiro atoms. The lowest BCUT2D eigenvalue weighted by atomic mass is 9.57. The molecular weight excluding hydrogens is 432 g/mol. The third-order valence-electron chi connectivity index (χ3n) is 8.61. The molecule has 0 saturated heterocycles. The molecule has 0 aliphatic heterocycles. The standard InChI is InChI=1S/C24H30O9/c1-11(32-21(29)16-13-5-4-12(8-13)15(16)19(25)26)9-23(2,3)24-7-6-14(10-24)17(20(27)28)18(24)22(30)33-31/h4-7,11-18,31H,8-10H2,1-3H3,(H,25,26)(H,27,28). The van der Waals surface area contributed by atoms with Gasteiger partial charge in [-0.3, -0.25) is 14.4 Å². The van der Waals surface area contributed by atoms with Gasteiger partial charge < -0.3 is 19.8 Å². The van der Waals surface area contributed by atoms with E-state index in [-0.39, 0.29) is 17.8 Å². The molecule has 3 N–H and O–H groups in total. The fraction of sp³-hybridized carbons (Fsp3) is 0.667. The van der Waals surface area contributed by atoms with E-state index in [0.29, 0.717) is 19.3 Å². The second-order valence-corrected chi connectivity index (χ2v) is 10.7. The molecular formula is C24H30O9. The first kappa shape index (κ1) is 23.5. The minimum atomic E-state index is -1.12. The molecule has 9 heteroatoms. The quantitative estimate of drug-likeness (QED) is 0.214. The number of rotatable bonds is 8. The number of esters is 1. The molecule has 180 valence electrons. The van der Waals surface area contributed by atoms with Gasteiger partial charge in [0.25, 0.3) is 0 Å². The van der Waals surface area contributed by atoms with Gasteiger partial charge >= 0.3 is 23.9 Å². The fourth-order valence-electron chi connectivity index (χ4n) is 7.24. The van der Waals surface area contributed by atoms with Crippen LogP contribution >= 0.6 is 0 Å². The van der Waals surface area contributed by atoms with E-state index in [1.54, 1.807) is 13.0 Å². The first-order valence-electron chi connectivity index (χ1n) is 11.3. The topological polar surface area (TPSA) is 147 Å². The van der Waals surface area contributed by atoms with E-state index < -0.39 is 64.5 Å². The Balaban J connectivity index is 1.51. The number of carbonyl (C=O) groups excluding carboxylic acids is 2. The molecule has 9 atom stereocenters. The number of hydrogen-bond donors (Lipinski definition) is 3. The Hall–Kier alpha value is -2.68. The Kier molecular flexibility index (Phi) is 5.67. The van der Waals surface area contributed by atoms with Crippen molar-refractivity contribution in [2.24, 2.45) is 52.3 Å².